The van der Waals surface area contributed by atoms with E-state index < -0.39 is 5.60 Å². The highest BCUT2D eigenvalue weighted by atomic mass is 32.1. The summed E-state index contributed by atoms with van der Waals surface area (Å²) in [7, 11) is 0. The first-order valence-corrected chi connectivity index (χ1v) is 8.00. The zero-order valence-electron chi connectivity index (χ0n) is 12.7. The molecule has 1 rings (SSSR count). The number of carbonyl (C=O) groups is 1. The monoisotopic (exact) mass is 299 g/mol. The molecule has 1 aromatic heterocycles. The van der Waals surface area contributed by atoms with E-state index in [1.807, 2.05) is 33.1 Å². The fraction of sp³-hybridized carbons (Fsp3) is 0.714. The number of thiazole rings is 1. The number of urea groups is 1. The van der Waals surface area contributed by atoms with Gasteiger partial charge in [-0.2, -0.15) is 0 Å². The van der Waals surface area contributed by atoms with Gasteiger partial charge in [0, 0.05) is 17.6 Å². The van der Waals surface area contributed by atoms with Gasteiger partial charge in [0.05, 0.1) is 11.6 Å². The lowest BCUT2D eigenvalue weighted by Gasteiger charge is -2.26. The van der Waals surface area contributed by atoms with Crippen LogP contribution in [0.15, 0.2) is 5.38 Å². The first kappa shape index (κ1) is 16.9. The van der Waals surface area contributed by atoms with Crippen LogP contribution < -0.4 is 10.6 Å². The van der Waals surface area contributed by atoms with Crippen molar-refractivity contribution in [3.63, 3.8) is 0 Å². The summed E-state index contributed by atoms with van der Waals surface area (Å²) in [4.78, 5) is 16.3. The summed E-state index contributed by atoms with van der Waals surface area (Å²) in [5.74, 6) is 0. The van der Waals surface area contributed by atoms with Crippen molar-refractivity contribution in [1.29, 1.82) is 0 Å². The molecule has 0 radical (unpaired) electrons. The molecule has 0 bridgehead atoms. The summed E-state index contributed by atoms with van der Waals surface area (Å²) in [5, 5.41) is 18.7. The van der Waals surface area contributed by atoms with Crippen molar-refractivity contribution in [2.75, 3.05) is 6.54 Å². The van der Waals surface area contributed by atoms with E-state index in [4.69, 9.17) is 0 Å². The van der Waals surface area contributed by atoms with E-state index >= 15 is 0 Å². The van der Waals surface area contributed by atoms with Crippen LogP contribution in [0, 0.1) is 6.92 Å². The molecule has 1 aromatic rings. The largest absolute Gasteiger partial charge is 0.388 e. The normalized spacial score (nSPS) is 13.1. The van der Waals surface area contributed by atoms with E-state index in [0.29, 0.717) is 12.8 Å². The van der Waals surface area contributed by atoms with E-state index in [1.165, 1.54) is 0 Å². The maximum atomic E-state index is 11.9. The van der Waals surface area contributed by atoms with Crippen LogP contribution in [0.25, 0.3) is 0 Å². The summed E-state index contributed by atoms with van der Waals surface area (Å²) in [5.41, 5.74) is 0.147. The van der Waals surface area contributed by atoms with E-state index in [1.54, 1.807) is 11.3 Å². The lowest BCUT2D eigenvalue weighted by Crippen LogP contribution is -2.46. The smallest absolute Gasteiger partial charge is 0.315 e. The number of hydrogen-bond donors (Lipinski definition) is 3. The second-order valence-electron chi connectivity index (χ2n) is 5.05. The highest BCUT2D eigenvalue weighted by molar-refractivity contribution is 7.09. The zero-order chi connectivity index (χ0) is 15.2. The van der Waals surface area contributed by atoms with Gasteiger partial charge in [-0.1, -0.05) is 20.8 Å². The zero-order valence-corrected chi connectivity index (χ0v) is 13.5. The minimum absolute atomic E-state index is 0.0787. The number of carbonyl (C=O) groups excluding carboxylic acids is 1. The maximum Gasteiger partial charge on any atom is 0.315 e. The topological polar surface area (TPSA) is 74.2 Å². The second-order valence-corrected chi connectivity index (χ2v) is 5.94. The fourth-order valence-electron chi connectivity index (χ4n) is 1.82. The third kappa shape index (κ3) is 4.76. The number of amides is 2. The predicted octanol–water partition coefficient (Wildman–Crippen LogP) is 2.75. The Kier molecular flexibility index (Phi) is 6.42. The molecular formula is C14H25N3O2S. The highest BCUT2D eigenvalue weighted by Crippen LogP contribution is 2.20. The van der Waals surface area contributed by atoms with Crippen molar-refractivity contribution in [3.05, 3.63) is 16.1 Å². The molecule has 3 N–H and O–H groups in total. The molecule has 0 saturated heterocycles. The molecule has 1 heterocycles. The van der Waals surface area contributed by atoms with Crippen molar-refractivity contribution in [3.8, 4) is 0 Å². The molecule has 0 aliphatic rings. The van der Waals surface area contributed by atoms with Gasteiger partial charge in [-0.15, -0.1) is 11.3 Å². The Morgan fingerprint density at radius 1 is 1.45 bits per heavy atom. The van der Waals surface area contributed by atoms with Crippen molar-refractivity contribution in [2.24, 2.45) is 0 Å². The Labute approximate surface area is 124 Å². The molecule has 0 saturated carbocycles. The summed E-state index contributed by atoms with van der Waals surface area (Å²) in [6, 6.07) is -0.338. The minimum Gasteiger partial charge on any atom is -0.388 e. The molecule has 2 amide bonds. The lowest BCUT2D eigenvalue weighted by molar-refractivity contribution is 0.0348. The minimum atomic E-state index is -0.823. The molecule has 114 valence electrons. The van der Waals surface area contributed by atoms with Gasteiger partial charge in [-0.25, -0.2) is 9.78 Å². The highest BCUT2D eigenvalue weighted by Gasteiger charge is 2.23. The van der Waals surface area contributed by atoms with E-state index in [9.17, 15) is 9.90 Å². The predicted molar refractivity (Wildman–Crippen MR) is 81.9 cm³/mol. The summed E-state index contributed by atoms with van der Waals surface area (Å²) < 4.78 is 0. The average Bonchev–Trinajstić information content (AvgIpc) is 2.88. The van der Waals surface area contributed by atoms with Crippen molar-refractivity contribution < 1.29 is 9.90 Å². The molecule has 0 aliphatic heterocycles. The van der Waals surface area contributed by atoms with E-state index in [2.05, 4.69) is 15.6 Å². The third-order valence-electron chi connectivity index (χ3n) is 3.54. The second kappa shape index (κ2) is 7.59. The van der Waals surface area contributed by atoms with Gasteiger partial charge in [0.15, 0.2) is 0 Å². The molecule has 0 fully saturated rings. The van der Waals surface area contributed by atoms with Crippen LogP contribution >= 0.6 is 11.3 Å². The van der Waals surface area contributed by atoms with Crippen LogP contribution in [-0.4, -0.2) is 28.3 Å². The SMILES string of the molecule is CCC(NC(=O)NCC(O)(CC)CC)c1nc(C)cs1. The fourth-order valence-corrected chi connectivity index (χ4v) is 2.76. The number of aryl methyl sites for hydroxylation is 1. The van der Waals surface area contributed by atoms with Gasteiger partial charge < -0.3 is 15.7 Å². The van der Waals surface area contributed by atoms with Crippen LogP contribution in [0.5, 0.6) is 0 Å². The van der Waals surface area contributed by atoms with E-state index in [0.717, 1.165) is 17.1 Å². The number of aromatic nitrogens is 1. The number of nitrogens with one attached hydrogen (secondary N) is 2. The number of rotatable bonds is 7. The number of aliphatic hydroxyl groups is 1. The van der Waals surface area contributed by atoms with Crippen LogP contribution in [0.1, 0.15) is 56.8 Å². The Balaban J connectivity index is 2.52. The van der Waals surface area contributed by atoms with Crippen molar-refractivity contribution in [1.82, 2.24) is 15.6 Å². The molecule has 0 aliphatic carbocycles. The van der Waals surface area contributed by atoms with Crippen LogP contribution in [0.3, 0.4) is 0 Å². The van der Waals surface area contributed by atoms with Gasteiger partial charge in [0.2, 0.25) is 0 Å². The van der Waals surface area contributed by atoms with Crippen LogP contribution in [-0.2, 0) is 0 Å². The quantitative estimate of drug-likeness (QED) is 0.724. The number of nitrogens with zero attached hydrogens (tertiary/aromatic N) is 1. The van der Waals surface area contributed by atoms with Crippen molar-refractivity contribution >= 4 is 17.4 Å². The van der Waals surface area contributed by atoms with Gasteiger partial charge >= 0.3 is 6.03 Å². The number of hydrogen-bond acceptors (Lipinski definition) is 4. The maximum absolute atomic E-state index is 11.9. The first-order valence-electron chi connectivity index (χ1n) is 7.12. The van der Waals surface area contributed by atoms with Crippen LogP contribution in [0.2, 0.25) is 0 Å². The van der Waals surface area contributed by atoms with Gasteiger partial charge in [0.1, 0.15) is 5.01 Å². The van der Waals surface area contributed by atoms with E-state index in [-0.39, 0.29) is 18.6 Å². The first-order chi connectivity index (χ1) is 9.44. The van der Waals surface area contributed by atoms with Gasteiger partial charge in [0.25, 0.3) is 0 Å². The lowest BCUT2D eigenvalue weighted by atomic mass is 9.98. The third-order valence-corrected chi connectivity index (χ3v) is 4.62. The van der Waals surface area contributed by atoms with Gasteiger partial charge in [-0.3, -0.25) is 0 Å². The molecule has 0 aromatic carbocycles. The Bertz CT molecular complexity index is 430. The van der Waals surface area contributed by atoms with Crippen LogP contribution in [0.4, 0.5) is 4.79 Å². The molecular weight excluding hydrogens is 274 g/mol. The molecule has 5 nitrogen and oxygen atoms in total. The Hall–Kier alpha value is -1.14. The standard InChI is InChI=1S/C14H25N3O2S/c1-5-11(12-16-10(4)8-20-12)17-13(18)15-9-14(19,6-2)7-3/h8,11,19H,5-7,9H2,1-4H3,(H2,15,17,18). The van der Waals surface area contributed by atoms with Gasteiger partial charge in [-0.05, 0) is 26.2 Å². The Morgan fingerprint density at radius 3 is 2.55 bits per heavy atom. The average molecular weight is 299 g/mol. The van der Waals surface area contributed by atoms with Crippen molar-refractivity contribution in [2.45, 2.75) is 58.6 Å². The molecule has 1 atom stereocenters. The Morgan fingerprint density at radius 2 is 2.10 bits per heavy atom. The summed E-state index contributed by atoms with van der Waals surface area (Å²) in [6.07, 6.45) is 2.02. The molecule has 6 heteroatoms. The summed E-state index contributed by atoms with van der Waals surface area (Å²) in [6.45, 7) is 8.04. The molecule has 0 spiro atoms. The molecule has 20 heavy (non-hydrogen) atoms. The summed E-state index contributed by atoms with van der Waals surface area (Å²) >= 11 is 1.55. The molecule has 1 unspecified atom stereocenters.